The first kappa shape index (κ1) is 11.8. The molecule has 1 aromatic rings. The number of hydrogen-bond acceptors (Lipinski definition) is 4. The fraction of sp³-hybridized carbons (Fsp3) is 0.545. The molecule has 1 N–H and O–H groups in total. The second-order valence-electron chi connectivity index (χ2n) is 3.25. The number of anilines is 1. The Bertz CT molecular complexity index is 292. The van der Waals surface area contributed by atoms with Gasteiger partial charge >= 0.3 is 0 Å². The van der Waals surface area contributed by atoms with Crippen molar-refractivity contribution in [1.29, 1.82) is 0 Å². The molecular weight excluding hydrogens is 192 g/mol. The van der Waals surface area contributed by atoms with Gasteiger partial charge in [0.15, 0.2) is 0 Å². The van der Waals surface area contributed by atoms with E-state index in [1.807, 2.05) is 27.0 Å². The molecule has 0 amide bonds. The Labute approximate surface area is 90.6 Å². The quantitative estimate of drug-likeness (QED) is 0.779. The molecule has 1 heterocycles. The van der Waals surface area contributed by atoms with Gasteiger partial charge in [-0.2, -0.15) is 0 Å². The first-order chi connectivity index (χ1) is 7.26. The molecular formula is C11H18N2O2. The number of pyridine rings is 1. The van der Waals surface area contributed by atoms with Crippen LogP contribution < -0.4 is 10.1 Å². The lowest BCUT2D eigenvalue weighted by molar-refractivity contribution is 0.0655. The van der Waals surface area contributed by atoms with Crippen LogP contribution in [0.15, 0.2) is 18.5 Å². The van der Waals surface area contributed by atoms with Crippen LogP contribution in [-0.4, -0.2) is 31.3 Å². The molecule has 0 spiro atoms. The first-order valence-corrected chi connectivity index (χ1v) is 5.13. The Balaban J connectivity index is 2.48. The molecule has 0 aromatic carbocycles. The zero-order valence-electron chi connectivity index (χ0n) is 9.49. The van der Waals surface area contributed by atoms with E-state index in [-0.39, 0.29) is 6.10 Å². The highest BCUT2D eigenvalue weighted by molar-refractivity contribution is 5.44. The van der Waals surface area contributed by atoms with Crippen LogP contribution in [0, 0.1) is 0 Å². The van der Waals surface area contributed by atoms with E-state index in [1.54, 1.807) is 12.4 Å². The smallest absolute Gasteiger partial charge is 0.140 e. The molecule has 0 bridgehead atoms. The average Bonchev–Trinajstić information content (AvgIpc) is 2.26. The Morgan fingerprint density at radius 1 is 1.47 bits per heavy atom. The van der Waals surface area contributed by atoms with E-state index in [4.69, 9.17) is 9.47 Å². The van der Waals surface area contributed by atoms with Crippen LogP contribution in [0.4, 0.5) is 5.69 Å². The van der Waals surface area contributed by atoms with Crippen LogP contribution in [0.3, 0.4) is 0 Å². The van der Waals surface area contributed by atoms with Gasteiger partial charge in [-0.25, -0.2) is 0 Å². The van der Waals surface area contributed by atoms with Crippen LogP contribution in [0.5, 0.6) is 5.75 Å². The summed E-state index contributed by atoms with van der Waals surface area (Å²) in [6, 6.07) is 1.91. The van der Waals surface area contributed by atoms with Gasteiger partial charge in [0.25, 0.3) is 0 Å². The largest absolute Gasteiger partial charge is 0.487 e. The van der Waals surface area contributed by atoms with Crippen molar-refractivity contribution < 1.29 is 9.47 Å². The van der Waals surface area contributed by atoms with Crippen molar-refractivity contribution in [2.24, 2.45) is 0 Å². The standard InChI is InChI=1S/C11H18N2O2/c1-4-14-8-9(2)15-11-5-10(12-3)6-13-7-11/h5-7,9,12H,4,8H2,1-3H3. The van der Waals surface area contributed by atoms with Crippen LogP contribution in [-0.2, 0) is 4.74 Å². The average molecular weight is 210 g/mol. The van der Waals surface area contributed by atoms with Crippen LogP contribution in [0.1, 0.15) is 13.8 Å². The normalized spacial score (nSPS) is 12.2. The van der Waals surface area contributed by atoms with Crippen LogP contribution in [0.25, 0.3) is 0 Å². The van der Waals surface area contributed by atoms with Gasteiger partial charge in [0.05, 0.1) is 24.7 Å². The molecule has 1 aromatic heterocycles. The minimum Gasteiger partial charge on any atom is -0.487 e. The molecule has 1 atom stereocenters. The van der Waals surface area contributed by atoms with Crippen molar-refractivity contribution in [2.75, 3.05) is 25.6 Å². The van der Waals surface area contributed by atoms with E-state index in [2.05, 4.69) is 10.3 Å². The Morgan fingerprint density at radius 2 is 2.27 bits per heavy atom. The Kier molecular flexibility index (Phi) is 4.90. The molecule has 15 heavy (non-hydrogen) atoms. The van der Waals surface area contributed by atoms with Crippen molar-refractivity contribution in [3.8, 4) is 5.75 Å². The van der Waals surface area contributed by atoms with Crippen molar-refractivity contribution in [3.63, 3.8) is 0 Å². The van der Waals surface area contributed by atoms with E-state index in [1.165, 1.54) is 0 Å². The van der Waals surface area contributed by atoms with Gasteiger partial charge in [-0.15, -0.1) is 0 Å². The van der Waals surface area contributed by atoms with E-state index in [0.717, 1.165) is 11.4 Å². The van der Waals surface area contributed by atoms with Crippen LogP contribution >= 0.6 is 0 Å². The summed E-state index contributed by atoms with van der Waals surface area (Å²) in [6.07, 6.45) is 3.49. The molecule has 4 nitrogen and oxygen atoms in total. The number of nitrogens with one attached hydrogen (secondary N) is 1. The van der Waals surface area contributed by atoms with Crippen molar-refractivity contribution in [1.82, 2.24) is 4.98 Å². The predicted molar refractivity (Wildman–Crippen MR) is 60.4 cm³/mol. The second-order valence-corrected chi connectivity index (χ2v) is 3.25. The summed E-state index contributed by atoms with van der Waals surface area (Å²) >= 11 is 0. The molecule has 4 heteroatoms. The molecule has 1 unspecified atom stereocenters. The highest BCUT2D eigenvalue weighted by Crippen LogP contribution is 2.15. The molecule has 0 fully saturated rings. The van der Waals surface area contributed by atoms with Crippen LogP contribution in [0.2, 0.25) is 0 Å². The van der Waals surface area contributed by atoms with E-state index >= 15 is 0 Å². The maximum atomic E-state index is 5.63. The molecule has 1 rings (SSSR count). The Hall–Kier alpha value is -1.29. The van der Waals surface area contributed by atoms with Crippen molar-refractivity contribution in [2.45, 2.75) is 20.0 Å². The molecule has 0 aliphatic rings. The number of hydrogen-bond donors (Lipinski definition) is 1. The van der Waals surface area contributed by atoms with Crippen molar-refractivity contribution >= 4 is 5.69 Å². The van der Waals surface area contributed by atoms with E-state index in [0.29, 0.717) is 13.2 Å². The third-order valence-corrected chi connectivity index (χ3v) is 1.90. The van der Waals surface area contributed by atoms with Gasteiger partial charge in [0, 0.05) is 19.7 Å². The lowest BCUT2D eigenvalue weighted by Gasteiger charge is -2.14. The summed E-state index contributed by atoms with van der Waals surface area (Å²) in [5.74, 6) is 0.758. The van der Waals surface area contributed by atoms with Gasteiger partial charge < -0.3 is 14.8 Å². The minimum absolute atomic E-state index is 0.0406. The monoisotopic (exact) mass is 210 g/mol. The lowest BCUT2D eigenvalue weighted by atomic mass is 10.4. The summed E-state index contributed by atoms with van der Waals surface area (Å²) in [7, 11) is 1.85. The molecule has 0 aliphatic carbocycles. The highest BCUT2D eigenvalue weighted by atomic mass is 16.5. The third-order valence-electron chi connectivity index (χ3n) is 1.90. The fourth-order valence-corrected chi connectivity index (χ4v) is 1.17. The SMILES string of the molecule is CCOCC(C)Oc1cncc(NC)c1. The molecule has 0 radical (unpaired) electrons. The zero-order chi connectivity index (χ0) is 11.1. The zero-order valence-corrected chi connectivity index (χ0v) is 9.49. The van der Waals surface area contributed by atoms with E-state index < -0.39 is 0 Å². The highest BCUT2D eigenvalue weighted by Gasteiger charge is 2.04. The van der Waals surface area contributed by atoms with Crippen molar-refractivity contribution in [3.05, 3.63) is 18.5 Å². The summed E-state index contributed by atoms with van der Waals surface area (Å²) in [4.78, 5) is 4.06. The summed E-state index contributed by atoms with van der Waals surface area (Å²) in [5, 5.41) is 3.01. The molecule has 0 saturated heterocycles. The summed E-state index contributed by atoms with van der Waals surface area (Å²) in [5.41, 5.74) is 0.941. The Morgan fingerprint density at radius 3 is 2.93 bits per heavy atom. The number of rotatable bonds is 6. The third kappa shape index (κ3) is 4.16. The van der Waals surface area contributed by atoms with Gasteiger partial charge in [0.2, 0.25) is 0 Å². The second kappa shape index (κ2) is 6.24. The first-order valence-electron chi connectivity index (χ1n) is 5.13. The summed E-state index contributed by atoms with van der Waals surface area (Å²) in [6.45, 7) is 5.25. The predicted octanol–water partition coefficient (Wildman–Crippen LogP) is 1.93. The van der Waals surface area contributed by atoms with Gasteiger partial charge in [-0.3, -0.25) is 4.98 Å². The minimum atomic E-state index is 0.0406. The lowest BCUT2D eigenvalue weighted by Crippen LogP contribution is -2.19. The number of aromatic nitrogens is 1. The number of ether oxygens (including phenoxy) is 2. The molecule has 0 aliphatic heterocycles. The van der Waals surface area contributed by atoms with Gasteiger partial charge in [0.1, 0.15) is 11.9 Å². The molecule has 84 valence electrons. The van der Waals surface area contributed by atoms with E-state index in [9.17, 15) is 0 Å². The van der Waals surface area contributed by atoms with Gasteiger partial charge in [-0.05, 0) is 13.8 Å². The molecule has 0 saturated carbocycles. The maximum Gasteiger partial charge on any atom is 0.140 e. The van der Waals surface area contributed by atoms with Gasteiger partial charge in [-0.1, -0.05) is 0 Å². The number of nitrogens with zero attached hydrogens (tertiary/aromatic N) is 1. The maximum absolute atomic E-state index is 5.63. The summed E-state index contributed by atoms with van der Waals surface area (Å²) < 4.78 is 10.9. The fourth-order valence-electron chi connectivity index (χ4n) is 1.17. The topological polar surface area (TPSA) is 43.4 Å².